The van der Waals surface area contributed by atoms with Crippen molar-refractivity contribution in [1.29, 1.82) is 0 Å². The van der Waals surface area contributed by atoms with E-state index >= 15 is 0 Å². The van der Waals surface area contributed by atoms with Crippen LogP contribution in [0.15, 0.2) is 23.8 Å². The number of carboxylic acids is 1. The van der Waals surface area contributed by atoms with Crippen LogP contribution in [-0.2, 0) is 4.79 Å². The highest BCUT2D eigenvalue weighted by Gasteiger charge is 2.43. The zero-order valence-electron chi connectivity index (χ0n) is 17.0. The van der Waals surface area contributed by atoms with Gasteiger partial charge >= 0.3 is 5.97 Å². The SMILES string of the molecule is CCCCC(C)C[C@H](O)/C=C/[C@H]1[C@H]2CC(CCCCC(=O)O)=C[C@H]2C[C@@H]1O. The van der Waals surface area contributed by atoms with Gasteiger partial charge in [0.2, 0.25) is 0 Å². The third kappa shape index (κ3) is 7.08. The lowest BCUT2D eigenvalue weighted by atomic mass is 9.88. The number of aliphatic hydroxyl groups excluding tert-OH is 2. The summed E-state index contributed by atoms with van der Waals surface area (Å²) in [7, 11) is 0. The number of aliphatic carboxylic acids is 1. The van der Waals surface area contributed by atoms with Crippen LogP contribution in [0.2, 0.25) is 0 Å². The third-order valence-electron chi connectivity index (χ3n) is 6.34. The Labute approximate surface area is 164 Å². The molecule has 0 aliphatic heterocycles. The van der Waals surface area contributed by atoms with Gasteiger partial charge in [-0.15, -0.1) is 0 Å². The highest BCUT2D eigenvalue weighted by atomic mass is 16.4. The van der Waals surface area contributed by atoms with E-state index in [0.29, 0.717) is 17.8 Å². The lowest BCUT2D eigenvalue weighted by Gasteiger charge is -2.19. The fraction of sp³-hybridized carbons (Fsp3) is 0.783. The molecule has 2 aliphatic carbocycles. The Bertz CT molecular complexity index is 524. The maximum atomic E-state index is 10.6. The van der Waals surface area contributed by atoms with E-state index in [1.54, 1.807) is 0 Å². The first-order valence-electron chi connectivity index (χ1n) is 10.9. The molecule has 0 bridgehead atoms. The normalized spacial score (nSPS) is 29.7. The molecule has 0 aromatic rings. The summed E-state index contributed by atoms with van der Waals surface area (Å²) in [5.41, 5.74) is 1.43. The summed E-state index contributed by atoms with van der Waals surface area (Å²) in [4.78, 5) is 10.6. The van der Waals surface area contributed by atoms with Gasteiger partial charge in [-0.25, -0.2) is 0 Å². The maximum absolute atomic E-state index is 10.6. The predicted molar refractivity (Wildman–Crippen MR) is 108 cm³/mol. The molecule has 0 amide bonds. The van der Waals surface area contributed by atoms with Gasteiger partial charge in [0.25, 0.3) is 0 Å². The molecule has 2 aliphatic rings. The van der Waals surface area contributed by atoms with E-state index in [1.165, 1.54) is 18.4 Å². The van der Waals surface area contributed by atoms with Gasteiger partial charge in [0.05, 0.1) is 12.2 Å². The average Bonchev–Trinajstić information content (AvgIpc) is 3.11. The average molecular weight is 379 g/mol. The molecule has 4 nitrogen and oxygen atoms in total. The molecule has 1 fully saturated rings. The van der Waals surface area contributed by atoms with Crippen molar-refractivity contribution in [2.75, 3.05) is 0 Å². The van der Waals surface area contributed by atoms with Crippen LogP contribution in [0.5, 0.6) is 0 Å². The van der Waals surface area contributed by atoms with Gasteiger partial charge < -0.3 is 15.3 Å². The van der Waals surface area contributed by atoms with E-state index < -0.39 is 12.1 Å². The number of rotatable bonds is 12. The zero-order chi connectivity index (χ0) is 19.8. The number of unbranched alkanes of at least 4 members (excludes halogenated alkanes) is 2. The van der Waals surface area contributed by atoms with Crippen LogP contribution in [-0.4, -0.2) is 33.5 Å². The van der Waals surface area contributed by atoms with E-state index in [9.17, 15) is 15.0 Å². The molecule has 0 heterocycles. The largest absolute Gasteiger partial charge is 0.481 e. The van der Waals surface area contributed by atoms with E-state index in [2.05, 4.69) is 26.0 Å². The second-order valence-electron chi connectivity index (χ2n) is 8.77. The van der Waals surface area contributed by atoms with Crippen molar-refractivity contribution in [2.24, 2.45) is 23.7 Å². The quantitative estimate of drug-likeness (QED) is 0.339. The molecule has 0 spiro atoms. The fourth-order valence-corrected chi connectivity index (χ4v) is 4.84. The first-order chi connectivity index (χ1) is 12.9. The maximum Gasteiger partial charge on any atom is 0.303 e. The molecule has 2 rings (SSSR count). The summed E-state index contributed by atoms with van der Waals surface area (Å²) in [6.07, 6.45) is 14.6. The summed E-state index contributed by atoms with van der Waals surface area (Å²) in [6.45, 7) is 4.39. The Morgan fingerprint density at radius 2 is 2.11 bits per heavy atom. The molecule has 0 aromatic carbocycles. The molecule has 4 heteroatoms. The molecule has 1 unspecified atom stereocenters. The summed E-state index contributed by atoms with van der Waals surface area (Å²) >= 11 is 0. The summed E-state index contributed by atoms with van der Waals surface area (Å²) < 4.78 is 0. The van der Waals surface area contributed by atoms with Crippen molar-refractivity contribution in [3.05, 3.63) is 23.8 Å². The zero-order valence-corrected chi connectivity index (χ0v) is 17.0. The Hall–Kier alpha value is -1.13. The molecule has 0 aromatic heterocycles. The van der Waals surface area contributed by atoms with Crippen molar-refractivity contribution >= 4 is 5.97 Å². The predicted octanol–water partition coefficient (Wildman–Crippen LogP) is 4.71. The second-order valence-corrected chi connectivity index (χ2v) is 8.77. The highest BCUT2D eigenvalue weighted by molar-refractivity contribution is 5.66. The van der Waals surface area contributed by atoms with Crippen LogP contribution in [0.3, 0.4) is 0 Å². The van der Waals surface area contributed by atoms with E-state index in [-0.39, 0.29) is 18.4 Å². The number of hydrogen-bond donors (Lipinski definition) is 3. The van der Waals surface area contributed by atoms with Gasteiger partial charge in [-0.2, -0.15) is 0 Å². The smallest absolute Gasteiger partial charge is 0.303 e. The number of hydrogen-bond acceptors (Lipinski definition) is 3. The van der Waals surface area contributed by atoms with Crippen molar-refractivity contribution in [2.45, 2.75) is 90.3 Å². The highest BCUT2D eigenvalue weighted by Crippen LogP contribution is 2.48. The Balaban J connectivity index is 1.79. The lowest BCUT2D eigenvalue weighted by molar-refractivity contribution is -0.137. The van der Waals surface area contributed by atoms with Gasteiger partial charge in [-0.05, 0) is 56.3 Å². The second kappa shape index (κ2) is 11.0. The van der Waals surface area contributed by atoms with Gasteiger partial charge in [-0.3, -0.25) is 4.79 Å². The van der Waals surface area contributed by atoms with E-state index in [4.69, 9.17) is 5.11 Å². The first kappa shape index (κ1) is 22.2. The van der Waals surface area contributed by atoms with Crippen LogP contribution in [0, 0.1) is 23.7 Å². The number of carboxylic acid groups (broad SMARTS) is 1. The van der Waals surface area contributed by atoms with Gasteiger partial charge in [0.1, 0.15) is 0 Å². The standard InChI is InChI=1S/C23H38O4/c1-3-4-7-16(2)12-19(24)10-11-20-21-14-17(8-5-6-9-23(26)27)13-18(21)15-22(20)25/h10-11,13,16,18-22,24-25H,3-9,12,14-15H2,1-2H3,(H,26,27)/b11-10+/t16?,18-,19+,20-,21-,22-/m0/s1. The van der Waals surface area contributed by atoms with Crippen LogP contribution in [0.4, 0.5) is 0 Å². The van der Waals surface area contributed by atoms with E-state index in [0.717, 1.165) is 44.9 Å². The van der Waals surface area contributed by atoms with Gasteiger partial charge in [0, 0.05) is 12.3 Å². The number of carbonyl (C=O) groups is 1. The van der Waals surface area contributed by atoms with Crippen LogP contribution < -0.4 is 0 Å². The summed E-state index contributed by atoms with van der Waals surface area (Å²) in [5.74, 6) is 0.808. The molecule has 0 radical (unpaired) electrons. The minimum absolute atomic E-state index is 0.128. The summed E-state index contributed by atoms with van der Waals surface area (Å²) in [5, 5.41) is 29.5. The number of aliphatic hydroxyl groups is 2. The molecule has 154 valence electrons. The van der Waals surface area contributed by atoms with Crippen LogP contribution in [0.25, 0.3) is 0 Å². The molecule has 3 N–H and O–H groups in total. The molecule has 27 heavy (non-hydrogen) atoms. The van der Waals surface area contributed by atoms with Gasteiger partial charge in [0.15, 0.2) is 0 Å². The van der Waals surface area contributed by atoms with Crippen LogP contribution >= 0.6 is 0 Å². The summed E-state index contributed by atoms with van der Waals surface area (Å²) in [6, 6.07) is 0. The molecule has 1 saturated carbocycles. The van der Waals surface area contributed by atoms with E-state index in [1.807, 2.05) is 6.08 Å². The number of fused-ring (bicyclic) bond motifs is 1. The van der Waals surface area contributed by atoms with Gasteiger partial charge in [-0.1, -0.05) is 56.9 Å². The first-order valence-corrected chi connectivity index (χ1v) is 10.9. The minimum atomic E-state index is -0.719. The Kier molecular flexibility index (Phi) is 9.04. The lowest BCUT2D eigenvalue weighted by Crippen LogP contribution is -2.18. The minimum Gasteiger partial charge on any atom is -0.481 e. The van der Waals surface area contributed by atoms with Crippen molar-refractivity contribution in [3.63, 3.8) is 0 Å². The monoisotopic (exact) mass is 378 g/mol. The Morgan fingerprint density at radius 1 is 1.33 bits per heavy atom. The van der Waals surface area contributed by atoms with Crippen molar-refractivity contribution < 1.29 is 20.1 Å². The molecule has 6 atom stereocenters. The molecular weight excluding hydrogens is 340 g/mol. The fourth-order valence-electron chi connectivity index (χ4n) is 4.84. The Morgan fingerprint density at radius 3 is 2.81 bits per heavy atom. The third-order valence-corrected chi connectivity index (χ3v) is 6.34. The van der Waals surface area contributed by atoms with Crippen LogP contribution in [0.1, 0.15) is 78.1 Å². The van der Waals surface area contributed by atoms with Crippen molar-refractivity contribution in [3.8, 4) is 0 Å². The number of allylic oxidation sites excluding steroid dienone is 2. The molecular formula is C23H38O4. The topological polar surface area (TPSA) is 77.8 Å². The van der Waals surface area contributed by atoms with Crippen molar-refractivity contribution in [1.82, 2.24) is 0 Å². The molecule has 0 saturated heterocycles.